The third kappa shape index (κ3) is 5.25. The molecule has 0 atom stereocenters. The Bertz CT molecular complexity index is 1230. The number of amides is 1. The summed E-state index contributed by atoms with van der Waals surface area (Å²) >= 11 is 0. The van der Waals surface area contributed by atoms with E-state index in [1.807, 2.05) is 4.72 Å². The maximum absolute atomic E-state index is 14.9. The van der Waals surface area contributed by atoms with Gasteiger partial charge >= 0.3 is 0 Å². The molecule has 8 nitrogen and oxygen atoms in total. The lowest BCUT2D eigenvalue weighted by Gasteiger charge is -2.12. The van der Waals surface area contributed by atoms with Gasteiger partial charge in [-0.15, -0.1) is 0 Å². The number of sulfonamides is 1. The van der Waals surface area contributed by atoms with Gasteiger partial charge in [-0.1, -0.05) is 6.07 Å². The molecule has 1 aromatic carbocycles. The molecule has 0 spiro atoms. The van der Waals surface area contributed by atoms with Crippen molar-refractivity contribution >= 4 is 33.2 Å². The van der Waals surface area contributed by atoms with Crippen LogP contribution < -0.4 is 10.0 Å². The highest BCUT2D eigenvalue weighted by Gasteiger charge is 2.24. The molecule has 3 aromatic rings. The summed E-state index contributed by atoms with van der Waals surface area (Å²) in [6.45, 7) is 1.31. The molecule has 11 heteroatoms. The topological polar surface area (TPSA) is 118 Å². The van der Waals surface area contributed by atoms with Gasteiger partial charge in [-0.2, -0.15) is 0 Å². The van der Waals surface area contributed by atoms with Gasteiger partial charge < -0.3 is 5.32 Å². The van der Waals surface area contributed by atoms with Crippen LogP contribution in [0.5, 0.6) is 0 Å². The van der Waals surface area contributed by atoms with E-state index in [1.165, 1.54) is 43.6 Å². The summed E-state index contributed by atoms with van der Waals surface area (Å²) in [5.41, 5.74) is -1.11. The lowest BCUT2D eigenvalue weighted by atomic mass is 10.0. The zero-order valence-corrected chi connectivity index (χ0v) is 16.9. The second-order valence-electron chi connectivity index (χ2n) is 6.41. The van der Waals surface area contributed by atoms with Crippen LogP contribution >= 0.6 is 0 Å². The van der Waals surface area contributed by atoms with Crippen molar-refractivity contribution in [2.24, 2.45) is 0 Å². The first-order valence-electron chi connectivity index (χ1n) is 8.84. The lowest BCUT2D eigenvalue weighted by molar-refractivity contribution is -0.114. The van der Waals surface area contributed by atoms with Crippen LogP contribution in [-0.4, -0.2) is 30.1 Å². The Kier molecular flexibility index (Phi) is 6.35. The number of hydrogen-bond acceptors (Lipinski definition) is 6. The molecule has 0 aliphatic heterocycles. The summed E-state index contributed by atoms with van der Waals surface area (Å²) in [5, 5.41) is 2.45. The Labute approximate surface area is 176 Å². The number of nitrogens with one attached hydrogen (secondary N) is 2. The van der Waals surface area contributed by atoms with Crippen LogP contribution in [0.3, 0.4) is 0 Å². The number of hydrogen-bond donors (Lipinski definition) is 2. The van der Waals surface area contributed by atoms with Crippen molar-refractivity contribution in [2.45, 2.75) is 18.2 Å². The third-order valence-corrected chi connectivity index (χ3v) is 5.40. The summed E-state index contributed by atoms with van der Waals surface area (Å²) in [6.07, 6.45) is 3.33. The van der Waals surface area contributed by atoms with Gasteiger partial charge in [0.15, 0.2) is 11.6 Å². The van der Waals surface area contributed by atoms with Gasteiger partial charge in [0.05, 0.1) is 11.3 Å². The molecule has 31 heavy (non-hydrogen) atoms. The van der Waals surface area contributed by atoms with Crippen LogP contribution in [0.2, 0.25) is 0 Å². The SMILES string of the molecule is CC(=O)Nc1ccc(CC(=O)c2c(F)ccc(NS(=O)(=O)c3cccnc3)c2F)cn1. The highest BCUT2D eigenvalue weighted by atomic mass is 32.2. The highest BCUT2D eigenvalue weighted by molar-refractivity contribution is 7.92. The number of anilines is 2. The second-order valence-corrected chi connectivity index (χ2v) is 8.09. The minimum atomic E-state index is -4.20. The molecular formula is C20H16F2N4O4S. The van der Waals surface area contributed by atoms with E-state index in [1.54, 1.807) is 0 Å². The molecule has 1 amide bonds. The molecule has 0 unspecified atom stereocenters. The summed E-state index contributed by atoms with van der Waals surface area (Å²) in [5.74, 6) is -3.44. The van der Waals surface area contributed by atoms with E-state index in [4.69, 9.17) is 0 Å². The van der Waals surface area contributed by atoms with Crippen LogP contribution in [0.4, 0.5) is 20.3 Å². The second kappa shape index (κ2) is 8.96. The zero-order chi connectivity index (χ0) is 22.6. The number of aromatic nitrogens is 2. The van der Waals surface area contributed by atoms with Crippen LogP contribution in [0, 0.1) is 11.6 Å². The standard InChI is InChI=1S/C20H16F2N4O4S/c1-12(27)25-18-7-4-13(10-24-18)9-17(28)19-15(21)5-6-16(20(19)22)26-31(29,30)14-3-2-8-23-11-14/h2-8,10-11,26H,9H2,1H3,(H,24,25,27). The number of pyridine rings is 2. The Morgan fingerprint density at radius 3 is 2.45 bits per heavy atom. The Hall–Kier alpha value is -3.73. The van der Waals surface area contributed by atoms with Gasteiger partial charge in [0.1, 0.15) is 16.5 Å². The van der Waals surface area contributed by atoms with Gasteiger partial charge in [0, 0.05) is 31.9 Å². The number of benzene rings is 1. The largest absolute Gasteiger partial charge is 0.311 e. The van der Waals surface area contributed by atoms with Gasteiger partial charge in [-0.25, -0.2) is 22.2 Å². The molecule has 0 saturated carbocycles. The molecule has 0 bridgehead atoms. The van der Waals surface area contributed by atoms with E-state index in [0.717, 1.165) is 18.3 Å². The van der Waals surface area contributed by atoms with E-state index in [-0.39, 0.29) is 23.0 Å². The van der Waals surface area contributed by atoms with Crippen LogP contribution in [0.15, 0.2) is 59.9 Å². The number of carbonyl (C=O) groups is 2. The number of nitrogens with zero attached hydrogens (tertiary/aromatic N) is 2. The van der Waals surface area contributed by atoms with Crippen molar-refractivity contribution in [3.63, 3.8) is 0 Å². The zero-order valence-electron chi connectivity index (χ0n) is 16.1. The minimum absolute atomic E-state index is 0.225. The van der Waals surface area contributed by atoms with Crippen molar-refractivity contribution in [3.8, 4) is 0 Å². The third-order valence-electron chi connectivity index (χ3n) is 4.05. The van der Waals surface area contributed by atoms with Crippen molar-refractivity contribution < 1.29 is 26.8 Å². The number of rotatable bonds is 7. The maximum atomic E-state index is 14.9. The van der Waals surface area contributed by atoms with Crippen molar-refractivity contribution in [2.75, 3.05) is 10.0 Å². The number of Topliss-reactive ketones (excluding diaryl/α,β-unsaturated/α-hetero) is 1. The van der Waals surface area contributed by atoms with Crippen LogP contribution in [0.1, 0.15) is 22.8 Å². The molecule has 2 heterocycles. The Morgan fingerprint density at radius 1 is 1.06 bits per heavy atom. The molecular weight excluding hydrogens is 430 g/mol. The van der Waals surface area contributed by atoms with Gasteiger partial charge in [0.25, 0.3) is 10.0 Å². The molecule has 0 saturated heterocycles. The predicted molar refractivity (Wildman–Crippen MR) is 108 cm³/mol. The quantitative estimate of drug-likeness (QED) is 0.539. The number of carbonyl (C=O) groups excluding carboxylic acids is 2. The fourth-order valence-corrected chi connectivity index (χ4v) is 3.68. The normalized spacial score (nSPS) is 11.1. The van der Waals surface area contributed by atoms with Gasteiger partial charge in [-0.05, 0) is 35.9 Å². The monoisotopic (exact) mass is 446 g/mol. The Balaban J connectivity index is 1.85. The summed E-state index contributed by atoms with van der Waals surface area (Å²) in [7, 11) is -4.20. The summed E-state index contributed by atoms with van der Waals surface area (Å²) in [6, 6.07) is 7.24. The van der Waals surface area contributed by atoms with Crippen molar-refractivity contribution in [1.82, 2.24) is 9.97 Å². The molecule has 0 aliphatic rings. The smallest absolute Gasteiger partial charge is 0.263 e. The molecule has 0 radical (unpaired) electrons. The van der Waals surface area contributed by atoms with E-state index in [9.17, 15) is 26.8 Å². The van der Waals surface area contributed by atoms with Gasteiger partial charge in [0.2, 0.25) is 5.91 Å². The first kappa shape index (κ1) is 22.0. The number of ketones is 1. The first-order chi connectivity index (χ1) is 14.7. The fourth-order valence-electron chi connectivity index (χ4n) is 2.65. The predicted octanol–water partition coefficient (Wildman–Crippen LogP) is 2.94. The molecule has 160 valence electrons. The van der Waals surface area contributed by atoms with Gasteiger partial charge in [-0.3, -0.25) is 19.3 Å². The summed E-state index contributed by atoms with van der Waals surface area (Å²) in [4.78, 5) is 31.0. The minimum Gasteiger partial charge on any atom is -0.311 e. The van der Waals surface area contributed by atoms with Crippen molar-refractivity contribution in [1.29, 1.82) is 0 Å². The average Bonchev–Trinajstić information content (AvgIpc) is 2.72. The highest BCUT2D eigenvalue weighted by Crippen LogP contribution is 2.25. The molecule has 0 aliphatic carbocycles. The molecule has 3 rings (SSSR count). The molecule has 2 aromatic heterocycles. The summed E-state index contributed by atoms with van der Waals surface area (Å²) < 4.78 is 55.9. The number of halogens is 2. The fraction of sp³-hybridized carbons (Fsp3) is 0.100. The van der Waals surface area contributed by atoms with Crippen molar-refractivity contribution in [3.05, 3.63) is 77.8 Å². The first-order valence-corrected chi connectivity index (χ1v) is 10.3. The van der Waals surface area contributed by atoms with E-state index in [2.05, 4.69) is 15.3 Å². The molecule has 2 N–H and O–H groups in total. The molecule has 0 fully saturated rings. The Morgan fingerprint density at radius 2 is 1.84 bits per heavy atom. The van der Waals surface area contributed by atoms with Crippen LogP contribution in [-0.2, 0) is 21.2 Å². The lowest BCUT2D eigenvalue weighted by Crippen LogP contribution is -2.17. The van der Waals surface area contributed by atoms with E-state index in [0.29, 0.717) is 5.56 Å². The van der Waals surface area contributed by atoms with Crippen LogP contribution in [0.25, 0.3) is 0 Å². The van der Waals surface area contributed by atoms with E-state index >= 15 is 0 Å². The maximum Gasteiger partial charge on any atom is 0.263 e. The van der Waals surface area contributed by atoms with E-state index < -0.39 is 38.7 Å². The average molecular weight is 446 g/mol.